The second kappa shape index (κ2) is 9.54. The van der Waals surface area contributed by atoms with E-state index in [1.54, 1.807) is 17.5 Å². The van der Waals surface area contributed by atoms with E-state index in [4.69, 9.17) is 4.74 Å². The maximum absolute atomic E-state index is 12.7. The zero-order chi connectivity index (χ0) is 22.5. The Labute approximate surface area is 194 Å². The summed E-state index contributed by atoms with van der Waals surface area (Å²) in [6.07, 6.45) is 3.96. The molecule has 1 amide bonds. The van der Waals surface area contributed by atoms with Gasteiger partial charge in [0, 0.05) is 23.3 Å². The Bertz CT molecular complexity index is 1350. The Balaban J connectivity index is 1.27. The molecule has 5 rings (SSSR count). The summed E-state index contributed by atoms with van der Waals surface area (Å²) in [4.78, 5) is 22.6. The molecule has 0 saturated heterocycles. The van der Waals surface area contributed by atoms with Gasteiger partial charge in [-0.15, -0.1) is 11.3 Å². The highest BCUT2D eigenvalue weighted by molar-refractivity contribution is 7.09. The number of carbonyl (C=O) groups is 1. The van der Waals surface area contributed by atoms with Crippen molar-refractivity contribution in [2.45, 2.75) is 6.42 Å². The van der Waals surface area contributed by atoms with Gasteiger partial charge in [-0.2, -0.15) is 0 Å². The average molecular weight is 456 g/mol. The van der Waals surface area contributed by atoms with Gasteiger partial charge in [0.15, 0.2) is 5.65 Å². The molecule has 3 aromatic heterocycles. The standard InChI is InChI=1S/C25H21N5O2S/c31-25(26-14-12-21-7-4-16-33-21)30-15-13-22-23(27-17-28-24(22)30)29-18-8-10-20(11-9-18)32-19-5-2-1-3-6-19/h1-11,13,15-17H,12,14H2,(H,26,31)(H,27,28,29). The molecule has 0 aliphatic rings. The number of nitrogens with zero attached hydrogens (tertiary/aromatic N) is 3. The minimum Gasteiger partial charge on any atom is -0.457 e. The van der Waals surface area contributed by atoms with Gasteiger partial charge >= 0.3 is 6.03 Å². The van der Waals surface area contributed by atoms with Crippen LogP contribution in [0, 0.1) is 0 Å². The number of thiophene rings is 1. The van der Waals surface area contributed by atoms with E-state index in [2.05, 4.69) is 26.7 Å². The quantitative estimate of drug-likeness (QED) is 0.323. The number of ether oxygens (including phenoxy) is 1. The minimum atomic E-state index is -0.214. The maximum atomic E-state index is 12.7. The van der Waals surface area contributed by atoms with Crippen molar-refractivity contribution in [1.29, 1.82) is 0 Å². The van der Waals surface area contributed by atoms with Crippen molar-refractivity contribution >= 4 is 39.9 Å². The first kappa shape index (κ1) is 20.7. The van der Waals surface area contributed by atoms with Gasteiger partial charge in [-0.3, -0.25) is 4.57 Å². The molecule has 2 aromatic carbocycles. The molecule has 0 aliphatic heterocycles. The summed E-state index contributed by atoms with van der Waals surface area (Å²) < 4.78 is 7.35. The average Bonchev–Trinajstić information content (AvgIpc) is 3.52. The van der Waals surface area contributed by atoms with E-state index in [-0.39, 0.29) is 6.03 Å². The number of rotatable bonds is 7. The fourth-order valence-electron chi connectivity index (χ4n) is 3.42. The third-order valence-corrected chi connectivity index (χ3v) is 5.96. The van der Waals surface area contributed by atoms with Crippen LogP contribution in [0.15, 0.2) is 90.7 Å². The fraction of sp³-hybridized carbons (Fsp3) is 0.0800. The third kappa shape index (κ3) is 4.86. The molecule has 8 heteroatoms. The van der Waals surface area contributed by atoms with Gasteiger partial charge in [-0.05, 0) is 60.3 Å². The van der Waals surface area contributed by atoms with Crippen molar-refractivity contribution in [2.75, 3.05) is 11.9 Å². The predicted octanol–water partition coefficient (Wildman–Crippen LogP) is 5.83. The third-order valence-electron chi connectivity index (χ3n) is 5.02. The number of carbonyl (C=O) groups excluding carboxylic acids is 1. The van der Waals surface area contributed by atoms with Gasteiger partial charge in [-0.1, -0.05) is 24.3 Å². The Hall–Kier alpha value is -4.17. The number of para-hydroxylation sites is 1. The van der Waals surface area contributed by atoms with E-state index in [1.807, 2.05) is 72.1 Å². The fourth-order valence-corrected chi connectivity index (χ4v) is 4.12. The molecule has 0 fully saturated rings. The number of benzene rings is 2. The lowest BCUT2D eigenvalue weighted by atomic mass is 10.3. The van der Waals surface area contributed by atoms with Gasteiger partial charge in [0.1, 0.15) is 23.6 Å². The van der Waals surface area contributed by atoms with Crippen molar-refractivity contribution in [3.63, 3.8) is 0 Å². The first-order valence-electron chi connectivity index (χ1n) is 10.5. The SMILES string of the molecule is O=C(NCCc1cccs1)n1ccc2c(Nc3ccc(Oc4ccccc4)cc3)ncnc21. The highest BCUT2D eigenvalue weighted by Gasteiger charge is 2.13. The first-order chi connectivity index (χ1) is 16.3. The lowest BCUT2D eigenvalue weighted by Crippen LogP contribution is -2.29. The molecule has 0 radical (unpaired) electrons. The molecule has 0 bridgehead atoms. The molecule has 5 aromatic rings. The summed E-state index contributed by atoms with van der Waals surface area (Å²) in [6, 6.07) is 22.9. The molecule has 7 nitrogen and oxygen atoms in total. The van der Waals surface area contributed by atoms with Crippen molar-refractivity contribution in [3.05, 3.63) is 95.6 Å². The molecule has 2 N–H and O–H groups in total. The van der Waals surface area contributed by atoms with Crippen LogP contribution >= 0.6 is 11.3 Å². The largest absolute Gasteiger partial charge is 0.457 e. The van der Waals surface area contributed by atoms with Crippen molar-refractivity contribution in [1.82, 2.24) is 19.9 Å². The summed E-state index contributed by atoms with van der Waals surface area (Å²) >= 11 is 1.68. The van der Waals surface area contributed by atoms with Crippen molar-refractivity contribution in [3.8, 4) is 11.5 Å². The lowest BCUT2D eigenvalue weighted by molar-refractivity contribution is 0.243. The highest BCUT2D eigenvalue weighted by atomic mass is 32.1. The number of hydrogen-bond acceptors (Lipinski definition) is 6. The zero-order valence-electron chi connectivity index (χ0n) is 17.6. The molecule has 0 aliphatic carbocycles. The number of fused-ring (bicyclic) bond motifs is 1. The predicted molar refractivity (Wildman–Crippen MR) is 131 cm³/mol. The van der Waals surface area contributed by atoms with Crippen LogP contribution in [-0.2, 0) is 6.42 Å². The normalized spacial score (nSPS) is 10.8. The van der Waals surface area contributed by atoms with Crippen LogP contribution < -0.4 is 15.4 Å². The van der Waals surface area contributed by atoms with Crippen LogP contribution in [0.2, 0.25) is 0 Å². The smallest absolute Gasteiger partial charge is 0.327 e. The zero-order valence-corrected chi connectivity index (χ0v) is 18.5. The first-order valence-corrected chi connectivity index (χ1v) is 11.4. The van der Waals surface area contributed by atoms with Gasteiger partial charge < -0.3 is 15.4 Å². The van der Waals surface area contributed by atoms with E-state index in [1.165, 1.54) is 15.8 Å². The van der Waals surface area contributed by atoms with E-state index in [9.17, 15) is 4.79 Å². The van der Waals surface area contributed by atoms with Gasteiger partial charge in [0.2, 0.25) is 0 Å². The number of nitrogens with one attached hydrogen (secondary N) is 2. The summed E-state index contributed by atoms with van der Waals surface area (Å²) in [5, 5.41) is 9.04. The van der Waals surface area contributed by atoms with Gasteiger partial charge in [-0.25, -0.2) is 14.8 Å². The Morgan fingerprint density at radius 3 is 2.55 bits per heavy atom. The lowest BCUT2D eigenvalue weighted by Gasteiger charge is -2.10. The second-order valence-corrected chi connectivity index (χ2v) is 8.30. The van der Waals surface area contributed by atoms with Crippen LogP contribution in [0.4, 0.5) is 16.3 Å². The van der Waals surface area contributed by atoms with Crippen LogP contribution in [-0.4, -0.2) is 27.1 Å². The van der Waals surface area contributed by atoms with Crippen molar-refractivity contribution < 1.29 is 9.53 Å². The number of hydrogen-bond donors (Lipinski definition) is 2. The molecule has 33 heavy (non-hydrogen) atoms. The Morgan fingerprint density at radius 2 is 1.76 bits per heavy atom. The molecule has 164 valence electrons. The van der Waals surface area contributed by atoms with Gasteiger partial charge in [0.25, 0.3) is 0 Å². The highest BCUT2D eigenvalue weighted by Crippen LogP contribution is 2.27. The number of amides is 1. The Kier molecular flexibility index (Phi) is 5.99. The maximum Gasteiger partial charge on any atom is 0.327 e. The molecule has 0 saturated carbocycles. The van der Waals surface area contributed by atoms with Crippen molar-refractivity contribution in [2.24, 2.45) is 0 Å². The summed E-state index contributed by atoms with van der Waals surface area (Å²) in [6.45, 7) is 0.562. The summed E-state index contributed by atoms with van der Waals surface area (Å²) in [5.41, 5.74) is 1.40. The van der Waals surface area contributed by atoms with Gasteiger partial charge in [0.05, 0.1) is 5.39 Å². The van der Waals surface area contributed by atoms with E-state index >= 15 is 0 Å². The molecular formula is C25H21N5O2S. The Morgan fingerprint density at radius 1 is 0.939 bits per heavy atom. The molecule has 0 spiro atoms. The summed E-state index contributed by atoms with van der Waals surface area (Å²) in [7, 11) is 0. The summed E-state index contributed by atoms with van der Waals surface area (Å²) in [5.74, 6) is 2.15. The minimum absolute atomic E-state index is 0.214. The van der Waals surface area contributed by atoms with Crippen LogP contribution in [0.1, 0.15) is 4.88 Å². The second-order valence-electron chi connectivity index (χ2n) is 7.27. The molecule has 0 unspecified atom stereocenters. The van der Waals surface area contributed by atoms with E-state index < -0.39 is 0 Å². The number of aromatic nitrogens is 3. The van der Waals surface area contributed by atoms with E-state index in [0.29, 0.717) is 18.0 Å². The monoisotopic (exact) mass is 455 g/mol. The number of anilines is 2. The van der Waals surface area contributed by atoms with Crippen LogP contribution in [0.5, 0.6) is 11.5 Å². The topological polar surface area (TPSA) is 81.1 Å². The molecule has 3 heterocycles. The van der Waals surface area contributed by atoms with Crippen LogP contribution in [0.25, 0.3) is 11.0 Å². The molecular weight excluding hydrogens is 434 g/mol. The van der Waals surface area contributed by atoms with E-state index in [0.717, 1.165) is 29.0 Å². The van der Waals surface area contributed by atoms with Crippen LogP contribution in [0.3, 0.4) is 0 Å². The molecule has 0 atom stereocenters.